The van der Waals surface area contributed by atoms with Gasteiger partial charge in [-0.05, 0) is 25.0 Å². The van der Waals surface area contributed by atoms with Gasteiger partial charge in [0, 0.05) is 18.7 Å². The monoisotopic (exact) mass is 353 g/mol. The van der Waals surface area contributed by atoms with Crippen molar-refractivity contribution >= 4 is 11.0 Å². The molecule has 26 heavy (non-hydrogen) atoms. The van der Waals surface area contributed by atoms with E-state index in [4.69, 9.17) is 9.47 Å². The molecule has 1 saturated heterocycles. The van der Waals surface area contributed by atoms with E-state index in [1.54, 1.807) is 4.57 Å². The van der Waals surface area contributed by atoms with Crippen LogP contribution in [0.3, 0.4) is 0 Å². The number of nitrogens with one attached hydrogen (secondary N) is 1. The van der Waals surface area contributed by atoms with Crippen molar-refractivity contribution in [2.24, 2.45) is 0 Å². The van der Waals surface area contributed by atoms with Crippen molar-refractivity contribution in [1.29, 1.82) is 0 Å². The SMILES string of the molecule is CCCn1c(O[C@]2(C)CCOC2)nc2cc(-c3ccccc3)[nH]c2c1=O. The Morgan fingerprint density at radius 3 is 2.85 bits per heavy atom. The number of nitrogens with zero attached hydrogens (tertiary/aromatic N) is 2. The molecule has 0 spiro atoms. The van der Waals surface area contributed by atoms with Crippen LogP contribution < -0.4 is 10.3 Å². The van der Waals surface area contributed by atoms with Gasteiger partial charge in [-0.1, -0.05) is 37.3 Å². The number of aromatic amines is 1. The molecule has 1 fully saturated rings. The van der Waals surface area contributed by atoms with Crippen molar-refractivity contribution in [3.8, 4) is 17.3 Å². The fourth-order valence-electron chi connectivity index (χ4n) is 3.30. The van der Waals surface area contributed by atoms with Crippen molar-refractivity contribution in [2.45, 2.75) is 38.8 Å². The van der Waals surface area contributed by atoms with Gasteiger partial charge < -0.3 is 14.5 Å². The average Bonchev–Trinajstić information content (AvgIpc) is 3.26. The Hall–Kier alpha value is -2.60. The minimum atomic E-state index is -0.443. The Morgan fingerprint density at radius 1 is 1.35 bits per heavy atom. The Kier molecular flexibility index (Phi) is 4.28. The van der Waals surface area contributed by atoms with Gasteiger partial charge in [-0.25, -0.2) is 0 Å². The highest BCUT2D eigenvalue weighted by Gasteiger charge is 2.33. The molecule has 0 aliphatic carbocycles. The number of H-pyrrole nitrogens is 1. The maximum atomic E-state index is 13.0. The lowest BCUT2D eigenvalue weighted by atomic mass is 10.1. The summed E-state index contributed by atoms with van der Waals surface area (Å²) in [4.78, 5) is 20.9. The van der Waals surface area contributed by atoms with Gasteiger partial charge >= 0.3 is 0 Å². The van der Waals surface area contributed by atoms with E-state index >= 15 is 0 Å². The van der Waals surface area contributed by atoms with Crippen molar-refractivity contribution in [1.82, 2.24) is 14.5 Å². The molecule has 1 aliphatic rings. The van der Waals surface area contributed by atoms with Gasteiger partial charge in [0.2, 0.25) is 0 Å². The highest BCUT2D eigenvalue weighted by Crippen LogP contribution is 2.27. The molecule has 0 unspecified atom stereocenters. The van der Waals surface area contributed by atoms with Crippen LogP contribution in [0.5, 0.6) is 6.01 Å². The number of aromatic nitrogens is 3. The summed E-state index contributed by atoms with van der Waals surface area (Å²) in [5.41, 5.74) is 2.49. The first kappa shape index (κ1) is 16.8. The first-order chi connectivity index (χ1) is 12.6. The van der Waals surface area contributed by atoms with Crippen LogP contribution in [0, 0.1) is 0 Å². The molecular weight excluding hydrogens is 330 g/mol. The molecule has 0 radical (unpaired) electrons. The van der Waals surface area contributed by atoms with Crippen LogP contribution in [-0.2, 0) is 11.3 Å². The Labute approximate surface area is 151 Å². The van der Waals surface area contributed by atoms with E-state index in [0.29, 0.717) is 36.8 Å². The molecule has 1 aromatic carbocycles. The third-order valence-corrected chi connectivity index (χ3v) is 4.76. The van der Waals surface area contributed by atoms with E-state index in [1.165, 1.54) is 0 Å². The first-order valence-electron chi connectivity index (χ1n) is 9.05. The van der Waals surface area contributed by atoms with Crippen molar-refractivity contribution in [3.05, 3.63) is 46.8 Å². The molecule has 0 amide bonds. The van der Waals surface area contributed by atoms with Crippen molar-refractivity contribution < 1.29 is 9.47 Å². The molecule has 1 atom stereocenters. The number of rotatable bonds is 5. The van der Waals surface area contributed by atoms with Gasteiger partial charge in [-0.2, -0.15) is 4.98 Å². The molecule has 4 rings (SSSR count). The summed E-state index contributed by atoms with van der Waals surface area (Å²) in [6.07, 6.45) is 1.61. The molecule has 3 heterocycles. The van der Waals surface area contributed by atoms with Crippen LogP contribution in [0.25, 0.3) is 22.3 Å². The summed E-state index contributed by atoms with van der Waals surface area (Å²) >= 11 is 0. The summed E-state index contributed by atoms with van der Waals surface area (Å²) in [6.45, 7) is 5.77. The van der Waals surface area contributed by atoms with Crippen LogP contribution >= 0.6 is 0 Å². The van der Waals surface area contributed by atoms with E-state index in [0.717, 1.165) is 24.1 Å². The molecule has 0 bridgehead atoms. The number of fused-ring (bicyclic) bond motifs is 1. The lowest BCUT2D eigenvalue weighted by molar-refractivity contribution is 0.0527. The summed E-state index contributed by atoms with van der Waals surface area (Å²) in [5, 5.41) is 0. The molecular formula is C20H23N3O3. The van der Waals surface area contributed by atoms with Crippen LogP contribution in [-0.4, -0.2) is 33.3 Å². The highest BCUT2D eigenvalue weighted by atomic mass is 16.6. The highest BCUT2D eigenvalue weighted by molar-refractivity contribution is 5.82. The zero-order chi connectivity index (χ0) is 18.1. The van der Waals surface area contributed by atoms with Gasteiger partial charge in [0.1, 0.15) is 11.1 Å². The van der Waals surface area contributed by atoms with E-state index in [9.17, 15) is 4.79 Å². The van der Waals surface area contributed by atoms with Crippen LogP contribution in [0.4, 0.5) is 0 Å². The Morgan fingerprint density at radius 2 is 2.15 bits per heavy atom. The van der Waals surface area contributed by atoms with Gasteiger partial charge in [0.15, 0.2) is 0 Å². The van der Waals surface area contributed by atoms with Crippen LogP contribution in [0.2, 0.25) is 0 Å². The second-order valence-electron chi connectivity index (χ2n) is 7.02. The number of benzene rings is 1. The molecule has 0 saturated carbocycles. The normalized spacial score (nSPS) is 19.9. The Balaban J connectivity index is 1.83. The lowest BCUT2D eigenvalue weighted by Gasteiger charge is -2.24. The van der Waals surface area contributed by atoms with Gasteiger partial charge in [0.25, 0.3) is 11.6 Å². The second-order valence-corrected chi connectivity index (χ2v) is 7.02. The molecule has 1 N–H and O–H groups in total. The maximum absolute atomic E-state index is 13.0. The van der Waals surface area contributed by atoms with Crippen molar-refractivity contribution in [2.75, 3.05) is 13.2 Å². The van der Waals surface area contributed by atoms with E-state index < -0.39 is 5.60 Å². The smallest absolute Gasteiger partial charge is 0.300 e. The zero-order valence-electron chi connectivity index (χ0n) is 15.1. The number of hydrogen-bond acceptors (Lipinski definition) is 4. The fourth-order valence-corrected chi connectivity index (χ4v) is 3.30. The lowest BCUT2D eigenvalue weighted by Crippen LogP contribution is -2.36. The molecule has 2 aromatic heterocycles. The summed E-state index contributed by atoms with van der Waals surface area (Å²) < 4.78 is 13.3. The zero-order valence-corrected chi connectivity index (χ0v) is 15.1. The van der Waals surface area contributed by atoms with Crippen LogP contribution in [0.15, 0.2) is 41.2 Å². The predicted octanol–water partition coefficient (Wildman–Crippen LogP) is 3.36. The quantitative estimate of drug-likeness (QED) is 0.764. The molecule has 1 aliphatic heterocycles. The molecule has 6 nitrogen and oxygen atoms in total. The molecule has 6 heteroatoms. The van der Waals surface area contributed by atoms with Crippen molar-refractivity contribution in [3.63, 3.8) is 0 Å². The maximum Gasteiger partial charge on any atom is 0.300 e. The minimum Gasteiger partial charge on any atom is -0.456 e. The Bertz CT molecular complexity index is 969. The standard InChI is InChI=1S/C20H23N3O3/c1-3-10-23-18(24)17-16(12-15(21-17)14-7-5-4-6-8-14)22-19(23)26-20(2)9-11-25-13-20/h4-8,12,21H,3,9-11,13H2,1-2H3/t20-/m1/s1. The third kappa shape index (κ3) is 3.01. The first-order valence-corrected chi connectivity index (χ1v) is 9.05. The number of ether oxygens (including phenoxy) is 2. The second kappa shape index (κ2) is 6.61. The molecule has 136 valence electrons. The van der Waals surface area contributed by atoms with E-state index in [1.807, 2.05) is 50.2 Å². The average molecular weight is 353 g/mol. The van der Waals surface area contributed by atoms with Gasteiger partial charge in [-0.3, -0.25) is 9.36 Å². The van der Waals surface area contributed by atoms with Crippen LogP contribution in [0.1, 0.15) is 26.7 Å². The predicted molar refractivity (Wildman–Crippen MR) is 101 cm³/mol. The topological polar surface area (TPSA) is 69.1 Å². The van der Waals surface area contributed by atoms with Gasteiger partial charge in [-0.15, -0.1) is 0 Å². The summed E-state index contributed by atoms with van der Waals surface area (Å²) in [6, 6.07) is 12.2. The van der Waals surface area contributed by atoms with E-state index in [-0.39, 0.29) is 5.56 Å². The summed E-state index contributed by atoms with van der Waals surface area (Å²) in [7, 11) is 0. The summed E-state index contributed by atoms with van der Waals surface area (Å²) in [5.74, 6) is 0. The van der Waals surface area contributed by atoms with E-state index in [2.05, 4.69) is 9.97 Å². The minimum absolute atomic E-state index is 0.100. The fraction of sp³-hybridized carbons (Fsp3) is 0.400. The largest absolute Gasteiger partial charge is 0.456 e. The van der Waals surface area contributed by atoms with Gasteiger partial charge in [0.05, 0.1) is 18.7 Å². The third-order valence-electron chi connectivity index (χ3n) is 4.76. The number of hydrogen-bond donors (Lipinski definition) is 1. The molecule has 3 aromatic rings.